The predicted molar refractivity (Wildman–Crippen MR) is 179 cm³/mol. The number of rotatable bonds is 9. The lowest BCUT2D eigenvalue weighted by Gasteiger charge is -2.33. The third-order valence-electron chi connectivity index (χ3n) is 9.14. The maximum Gasteiger partial charge on any atom is 0.416 e. The van der Waals surface area contributed by atoms with E-state index in [2.05, 4.69) is 25.5 Å². The molecule has 3 aromatic carbocycles. The summed E-state index contributed by atoms with van der Waals surface area (Å²) in [5, 5.41) is 6.36. The number of alkyl halides is 3. The van der Waals surface area contributed by atoms with Crippen LogP contribution in [0.4, 0.5) is 24.7 Å². The lowest BCUT2D eigenvalue weighted by Crippen LogP contribution is -2.40. The van der Waals surface area contributed by atoms with Crippen molar-refractivity contribution in [3.8, 4) is 11.5 Å². The number of likely N-dealkylation sites (tertiary alicyclic amines) is 1. The minimum absolute atomic E-state index is 0.0206. The lowest BCUT2D eigenvalue weighted by molar-refractivity contribution is -0.138. The minimum atomic E-state index is -4.53. The molecule has 1 aromatic heterocycles. The number of piperidine rings is 2. The molecule has 2 saturated heterocycles. The molecule has 0 aliphatic carbocycles. The third kappa shape index (κ3) is 7.72. The normalized spacial score (nSPS) is 18.3. The summed E-state index contributed by atoms with van der Waals surface area (Å²) in [6.45, 7) is 5.72. The molecule has 258 valence electrons. The van der Waals surface area contributed by atoms with Crippen LogP contribution in [0.5, 0.6) is 11.5 Å². The molecule has 1 unspecified atom stereocenters. The maximum atomic E-state index is 13.5. The van der Waals surface area contributed by atoms with Crippen molar-refractivity contribution in [3.63, 3.8) is 0 Å². The molecule has 2 aliphatic rings. The van der Waals surface area contributed by atoms with E-state index < -0.39 is 17.8 Å². The van der Waals surface area contributed by atoms with Gasteiger partial charge in [0.25, 0.3) is 0 Å². The summed E-state index contributed by atoms with van der Waals surface area (Å²) in [4.78, 5) is 35.8. The van der Waals surface area contributed by atoms with Gasteiger partial charge in [-0.3, -0.25) is 19.8 Å². The molecule has 2 amide bonds. The summed E-state index contributed by atoms with van der Waals surface area (Å²) < 4.78 is 52.7. The number of imide groups is 1. The van der Waals surface area contributed by atoms with Gasteiger partial charge in [0, 0.05) is 43.2 Å². The van der Waals surface area contributed by atoms with Crippen LogP contribution in [0.2, 0.25) is 0 Å². The van der Waals surface area contributed by atoms with Gasteiger partial charge < -0.3 is 20.5 Å². The van der Waals surface area contributed by atoms with Crippen molar-refractivity contribution >= 4 is 34.2 Å². The Hall–Kier alpha value is -4.91. The summed E-state index contributed by atoms with van der Waals surface area (Å²) in [6, 6.07) is 14.5. The first-order valence-corrected chi connectivity index (χ1v) is 16.3. The molecule has 0 radical (unpaired) electrons. The van der Waals surface area contributed by atoms with Crippen molar-refractivity contribution in [1.82, 2.24) is 20.2 Å². The number of aromatic nitrogens is 2. The summed E-state index contributed by atoms with van der Waals surface area (Å²) >= 11 is 0. The molecular formula is C36H39F3N6O4. The number of amides is 2. The number of nitrogen functional groups attached to an aromatic ring is 1. The fourth-order valence-corrected chi connectivity index (χ4v) is 6.61. The molecule has 4 N–H and O–H groups in total. The Kier molecular flexibility index (Phi) is 9.64. The molecule has 49 heavy (non-hydrogen) atoms. The number of carbonyl (C=O) groups is 2. The summed E-state index contributed by atoms with van der Waals surface area (Å²) in [6.07, 6.45) is -2.27. The minimum Gasteiger partial charge on any atom is -0.493 e. The highest BCUT2D eigenvalue weighted by Crippen LogP contribution is 2.38. The Morgan fingerprint density at radius 2 is 1.80 bits per heavy atom. The lowest BCUT2D eigenvalue weighted by atomic mass is 9.87. The van der Waals surface area contributed by atoms with Crippen molar-refractivity contribution in [1.29, 1.82) is 0 Å². The van der Waals surface area contributed by atoms with Gasteiger partial charge in [-0.05, 0) is 74.1 Å². The number of ether oxygens (including phenoxy) is 2. The van der Waals surface area contributed by atoms with Crippen LogP contribution in [0.3, 0.4) is 0 Å². The fraction of sp³-hybridized carbons (Fsp3) is 0.389. The van der Waals surface area contributed by atoms with Crippen LogP contribution in [0.15, 0.2) is 54.6 Å². The van der Waals surface area contributed by atoms with Gasteiger partial charge in [0.05, 0.1) is 30.1 Å². The average molecular weight is 677 g/mol. The zero-order valence-electron chi connectivity index (χ0n) is 27.6. The molecule has 4 aromatic rings. The molecule has 2 atom stereocenters. The van der Waals surface area contributed by atoms with Crippen molar-refractivity contribution in [2.75, 3.05) is 31.2 Å². The monoisotopic (exact) mass is 676 g/mol. The van der Waals surface area contributed by atoms with Gasteiger partial charge in [0.1, 0.15) is 17.7 Å². The first-order chi connectivity index (χ1) is 23.4. The largest absolute Gasteiger partial charge is 0.493 e. The van der Waals surface area contributed by atoms with E-state index in [1.54, 1.807) is 27.0 Å². The number of aryl methyl sites for hydroxylation is 1. The van der Waals surface area contributed by atoms with Gasteiger partial charge >= 0.3 is 6.18 Å². The Morgan fingerprint density at radius 3 is 2.51 bits per heavy atom. The molecule has 0 saturated carbocycles. The highest BCUT2D eigenvalue weighted by molar-refractivity contribution is 6.01. The van der Waals surface area contributed by atoms with Gasteiger partial charge in [-0.15, -0.1) is 0 Å². The second-order valence-corrected chi connectivity index (χ2v) is 12.7. The van der Waals surface area contributed by atoms with Gasteiger partial charge in [0.15, 0.2) is 11.5 Å². The zero-order valence-corrected chi connectivity index (χ0v) is 27.6. The first kappa shape index (κ1) is 34.0. The number of benzene rings is 3. The highest BCUT2D eigenvalue weighted by atomic mass is 19.4. The number of anilines is 2. The number of hydrogen-bond donors (Lipinski definition) is 3. The van der Waals surface area contributed by atoms with Gasteiger partial charge in [-0.25, -0.2) is 9.97 Å². The smallest absolute Gasteiger partial charge is 0.416 e. The molecule has 0 spiro atoms. The summed E-state index contributed by atoms with van der Waals surface area (Å²) in [7, 11) is 1.56. The molecule has 2 fully saturated rings. The number of nitrogens with zero attached hydrogens (tertiary/aromatic N) is 3. The Balaban J connectivity index is 1.17. The third-order valence-corrected chi connectivity index (χ3v) is 9.14. The van der Waals surface area contributed by atoms with Crippen molar-refractivity contribution in [2.24, 2.45) is 0 Å². The van der Waals surface area contributed by atoms with E-state index in [-0.39, 0.29) is 29.5 Å². The van der Waals surface area contributed by atoms with Crippen LogP contribution in [-0.4, -0.2) is 53.0 Å². The maximum absolute atomic E-state index is 13.5. The molecular weight excluding hydrogens is 637 g/mol. The van der Waals surface area contributed by atoms with Crippen LogP contribution in [0, 0.1) is 6.92 Å². The van der Waals surface area contributed by atoms with Gasteiger partial charge in [-0.2, -0.15) is 13.2 Å². The van der Waals surface area contributed by atoms with E-state index in [1.807, 2.05) is 30.3 Å². The Labute approximate surface area is 282 Å². The molecule has 3 heterocycles. The van der Waals surface area contributed by atoms with Crippen LogP contribution < -0.4 is 25.8 Å². The topological polar surface area (TPSA) is 132 Å². The van der Waals surface area contributed by atoms with Crippen LogP contribution in [-0.2, 0) is 22.3 Å². The van der Waals surface area contributed by atoms with Gasteiger partial charge in [-0.1, -0.05) is 24.3 Å². The number of hydrogen-bond acceptors (Lipinski definition) is 9. The highest BCUT2D eigenvalue weighted by Gasteiger charge is 2.32. The van der Waals surface area contributed by atoms with Crippen molar-refractivity contribution < 1.29 is 32.2 Å². The van der Waals surface area contributed by atoms with Crippen LogP contribution in [0.1, 0.15) is 72.6 Å². The molecule has 10 nitrogen and oxygen atoms in total. The summed E-state index contributed by atoms with van der Waals surface area (Å²) in [5.74, 6) is 1.14. The number of fused-ring (bicyclic) bond motifs is 1. The van der Waals surface area contributed by atoms with Crippen LogP contribution in [0.25, 0.3) is 10.9 Å². The van der Waals surface area contributed by atoms with Gasteiger partial charge in [0.2, 0.25) is 11.8 Å². The van der Waals surface area contributed by atoms with E-state index in [0.717, 1.165) is 49.2 Å². The predicted octanol–water partition coefficient (Wildman–Crippen LogP) is 6.28. The Morgan fingerprint density at radius 1 is 1.04 bits per heavy atom. The first-order valence-electron chi connectivity index (χ1n) is 16.3. The number of halogens is 3. The summed E-state index contributed by atoms with van der Waals surface area (Å²) in [5.41, 5.74) is 8.03. The number of carbonyl (C=O) groups excluding carboxylic acids is 2. The molecule has 6 rings (SSSR count). The number of nitrogens with one attached hydrogen (secondary N) is 2. The second-order valence-electron chi connectivity index (χ2n) is 12.7. The second kappa shape index (κ2) is 13.9. The van der Waals surface area contributed by atoms with E-state index in [9.17, 15) is 22.8 Å². The van der Waals surface area contributed by atoms with Crippen molar-refractivity contribution in [2.45, 2.75) is 70.3 Å². The zero-order chi connectivity index (χ0) is 34.9. The molecule has 13 heteroatoms. The standard InChI is InChI=1S/C36H39F3N6O4/c1-20(23-14-24(36(37,38)39)16-25(40)15-23)41-34-29-17-32(31(48-3)18-30(29)42-21(2)43-34)49-26-10-12-45(13-11-26)19-22-6-4-5-7-27(22)28-8-9-33(46)44-35(28)47/h4-7,14-18,20,26,28H,8-13,19,40H2,1-3H3,(H,41,42,43)(H,44,46,47)/t20-,28?/m1/s1. The van der Waals surface area contributed by atoms with E-state index in [0.29, 0.717) is 59.0 Å². The van der Waals surface area contributed by atoms with Crippen molar-refractivity contribution in [3.05, 3.63) is 82.7 Å². The average Bonchev–Trinajstić information content (AvgIpc) is 3.05. The number of nitrogens with two attached hydrogens (primary N) is 1. The van der Waals surface area contributed by atoms with E-state index >= 15 is 0 Å². The SMILES string of the molecule is COc1cc2nc(C)nc(N[C@H](C)c3cc(N)cc(C(F)(F)F)c3)c2cc1OC1CCN(Cc2ccccc2C2CCC(=O)NC2=O)CC1. The molecule has 2 aliphatic heterocycles. The quantitative estimate of drug-likeness (QED) is 0.138. The molecule has 0 bridgehead atoms. The van der Waals surface area contributed by atoms with E-state index in [1.165, 1.54) is 6.07 Å². The van der Waals surface area contributed by atoms with Crippen LogP contribution >= 0.6 is 0 Å². The fourth-order valence-electron chi connectivity index (χ4n) is 6.61. The van der Waals surface area contributed by atoms with E-state index in [4.69, 9.17) is 15.2 Å². The Bertz CT molecular complexity index is 1880. The number of methoxy groups -OCH3 is 1.